The highest BCUT2D eigenvalue weighted by Crippen LogP contribution is 2.24. The van der Waals surface area contributed by atoms with Crippen LogP contribution in [-0.2, 0) is 19.5 Å². The Morgan fingerprint density at radius 1 is 1.16 bits per heavy atom. The molecule has 0 saturated carbocycles. The van der Waals surface area contributed by atoms with Gasteiger partial charge >= 0.3 is 5.97 Å². The molecule has 0 spiro atoms. The Kier molecular flexibility index (Phi) is 7.72. The van der Waals surface area contributed by atoms with Crippen LogP contribution in [0.2, 0.25) is 10.0 Å². The Labute approximate surface area is 190 Å². The van der Waals surface area contributed by atoms with E-state index in [1.165, 1.54) is 31.2 Å². The van der Waals surface area contributed by atoms with Gasteiger partial charge in [0.15, 0.2) is 6.10 Å². The molecule has 1 heterocycles. The Morgan fingerprint density at radius 2 is 1.84 bits per heavy atom. The molecule has 2 atom stereocenters. The zero-order valence-electron chi connectivity index (χ0n) is 16.6. The number of sulfonamides is 1. The molecule has 0 radical (unpaired) electrons. The third-order valence-electron chi connectivity index (χ3n) is 4.76. The fourth-order valence-electron chi connectivity index (χ4n) is 3.05. The monoisotopic (exact) mass is 485 g/mol. The van der Waals surface area contributed by atoms with E-state index in [0.29, 0.717) is 17.2 Å². The molecule has 0 aliphatic carbocycles. The van der Waals surface area contributed by atoms with Gasteiger partial charge in [-0.05, 0) is 62.2 Å². The normalized spacial score (nSPS) is 17.3. The molecule has 2 unspecified atom stereocenters. The fourth-order valence-corrected chi connectivity index (χ4v) is 4.77. The van der Waals surface area contributed by atoms with E-state index in [0.717, 1.165) is 18.9 Å². The molecular formula is C21H21Cl2NO6S. The van der Waals surface area contributed by atoms with E-state index in [2.05, 4.69) is 4.72 Å². The molecule has 1 fully saturated rings. The standard InChI is InChI=1S/C21H21Cl2NO6S/c1-13(20(25)14-4-7-16(22)8-5-14)30-21(26)15-6-9-18(23)19(11-15)31(27,28)24-12-17-3-2-10-29-17/h4-9,11,13,17,24H,2-3,10,12H2,1H3. The van der Waals surface area contributed by atoms with Gasteiger partial charge in [-0.3, -0.25) is 4.79 Å². The van der Waals surface area contributed by atoms with E-state index >= 15 is 0 Å². The number of hydrogen-bond donors (Lipinski definition) is 1. The SMILES string of the molecule is CC(OC(=O)c1ccc(Cl)c(S(=O)(=O)NCC2CCCO2)c1)C(=O)c1ccc(Cl)cc1. The third kappa shape index (κ3) is 6.05. The number of nitrogens with one attached hydrogen (secondary N) is 1. The molecule has 2 aromatic rings. The summed E-state index contributed by atoms with van der Waals surface area (Å²) in [6, 6.07) is 9.94. The minimum absolute atomic E-state index is 0.0401. The number of Topliss-reactive ketones (excluding diaryl/α,β-unsaturated/α-hetero) is 1. The highest BCUT2D eigenvalue weighted by atomic mass is 35.5. The zero-order chi connectivity index (χ0) is 22.6. The van der Waals surface area contributed by atoms with Crippen LogP contribution in [0.15, 0.2) is 47.4 Å². The first-order chi connectivity index (χ1) is 14.7. The second-order valence-electron chi connectivity index (χ2n) is 7.05. The summed E-state index contributed by atoms with van der Waals surface area (Å²) in [6.07, 6.45) is 0.368. The van der Waals surface area contributed by atoms with Crippen LogP contribution in [0.5, 0.6) is 0 Å². The molecule has 1 aliphatic heterocycles. The Hall–Kier alpha value is -1.97. The molecule has 10 heteroatoms. The molecule has 166 valence electrons. The van der Waals surface area contributed by atoms with Crippen molar-refractivity contribution in [3.05, 3.63) is 63.6 Å². The molecule has 0 bridgehead atoms. The van der Waals surface area contributed by atoms with Crippen LogP contribution in [-0.4, -0.2) is 45.5 Å². The topological polar surface area (TPSA) is 98.8 Å². The van der Waals surface area contributed by atoms with Crippen molar-refractivity contribution in [3.8, 4) is 0 Å². The number of halogens is 2. The van der Waals surface area contributed by atoms with Crippen LogP contribution < -0.4 is 4.72 Å². The Balaban J connectivity index is 1.71. The quantitative estimate of drug-likeness (QED) is 0.449. The average molecular weight is 486 g/mol. The van der Waals surface area contributed by atoms with Gasteiger partial charge in [0.2, 0.25) is 15.8 Å². The van der Waals surface area contributed by atoms with Crippen LogP contribution in [0.25, 0.3) is 0 Å². The number of esters is 1. The summed E-state index contributed by atoms with van der Waals surface area (Å²) in [5, 5.41) is 0.436. The number of ether oxygens (including phenoxy) is 2. The van der Waals surface area contributed by atoms with E-state index in [1.807, 2.05) is 0 Å². The maximum absolute atomic E-state index is 12.7. The smallest absolute Gasteiger partial charge is 0.338 e. The molecular weight excluding hydrogens is 465 g/mol. The summed E-state index contributed by atoms with van der Waals surface area (Å²) < 4.78 is 38.4. The molecule has 7 nitrogen and oxygen atoms in total. The molecule has 0 aromatic heterocycles. The van der Waals surface area contributed by atoms with Gasteiger partial charge in [0.25, 0.3) is 0 Å². The second kappa shape index (κ2) is 10.1. The minimum atomic E-state index is -3.98. The van der Waals surface area contributed by atoms with E-state index in [9.17, 15) is 18.0 Å². The highest BCUT2D eigenvalue weighted by Gasteiger charge is 2.25. The van der Waals surface area contributed by atoms with Gasteiger partial charge in [0.05, 0.1) is 16.7 Å². The van der Waals surface area contributed by atoms with Gasteiger partial charge in [0.1, 0.15) is 4.90 Å². The largest absolute Gasteiger partial charge is 0.451 e. The number of ketones is 1. The minimum Gasteiger partial charge on any atom is -0.451 e. The van der Waals surface area contributed by atoms with Gasteiger partial charge in [-0.2, -0.15) is 0 Å². The third-order valence-corrected chi connectivity index (χ3v) is 6.92. The van der Waals surface area contributed by atoms with E-state index in [4.69, 9.17) is 32.7 Å². The summed E-state index contributed by atoms with van der Waals surface area (Å²) in [4.78, 5) is 24.7. The summed E-state index contributed by atoms with van der Waals surface area (Å²) in [5.41, 5.74) is 0.292. The summed E-state index contributed by atoms with van der Waals surface area (Å²) in [7, 11) is -3.98. The maximum Gasteiger partial charge on any atom is 0.338 e. The van der Waals surface area contributed by atoms with Crippen LogP contribution in [0.1, 0.15) is 40.5 Å². The predicted octanol–water partition coefficient (Wildman–Crippen LogP) is 3.88. The van der Waals surface area contributed by atoms with Crippen molar-refractivity contribution < 1.29 is 27.5 Å². The molecule has 1 saturated heterocycles. The van der Waals surface area contributed by atoms with Crippen molar-refractivity contribution >= 4 is 45.0 Å². The Bertz CT molecular complexity index is 1070. The summed E-state index contributed by atoms with van der Waals surface area (Å²) >= 11 is 11.9. The molecule has 31 heavy (non-hydrogen) atoms. The maximum atomic E-state index is 12.7. The van der Waals surface area contributed by atoms with E-state index < -0.39 is 27.9 Å². The second-order valence-corrected chi connectivity index (χ2v) is 9.63. The first kappa shape index (κ1) is 23.7. The molecule has 3 rings (SSSR count). The van der Waals surface area contributed by atoms with Gasteiger partial charge in [0, 0.05) is 23.7 Å². The number of benzene rings is 2. The lowest BCUT2D eigenvalue weighted by molar-refractivity contribution is 0.0318. The zero-order valence-corrected chi connectivity index (χ0v) is 19.0. The molecule has 1 N–H and O–H groups in total. The summed E-state index contributed by atoms with van der Waals surface area (Å²) in [5.74, 6) is -1.26. The fraction of sp³-hybridized carbons (Fsp3) is 0.333. The van der Waals surface area contributed by atoms with E-state index in [-0.39, 0.29) is 28.1 Å². The highest BCUT2D eigenvalue weighted by molar-refractivity contribution is 7.89. The molecule has 0 amide bonds. The Morgan fingerprint density at radius 3 is 2.48 bits per heavy atom. The van der Waals surface area contributed by atoms with Crippen molar-refractivity contribution in [2.24, 2.45) is 0 Å². The lowest BCUT2D eigenvalue weighted by atomic mass is 10.1. The van der Waals surface area contributed by atoms with Crippen molar-refractivity contribution in [2.45, 2.75) is 36.9 Å². The van der Waals surface area contributed by atoms with Crippen LogP contribution in [0.4, 0.5) is 0 Å². The number of rotatable bonds is 8. The van der Waals surface area contributed by atoms with Gasteiger partial charge in [-0.15, -0.1) is 0 Å². The first-order valence-electron chi connectivity index (χ1n) is 9.59. The van der Waals surface area contributed by atoms with Crippen molar-refractivity contribution in [3.63, 3.8) is 0 Å². The van der Waals surface area contributed by atoms with Crippen molar-refractivity contribution in [2.75, 3.05) is 13.2 Å². The molecule has 2 aromatic carbocycles. The van der Waals surface area contributed by atoms with Gasteiger partial charge < -0.3 is 9.47 Å². The number of hydrogen-bond acceptors (Lipinski definition) is 6. The van der Waals surface area contributed by atoms with Gasteiger partial charge in [-0.25, -0.2) is 17.9 Å². The number of carbonyl (C=O) groups is 2. The summed E-state index contributed by atoms with van der Waals surface area (Å²) in [6.45, 7) is 2.15. The lowest BCUT2D eigenvalue weighted by Gasteiger charge is -2.15. The number of carbonyl (C=O) groups excluding carboxylic acids is 2. The molecule has 1 aliphatic rings. The van der Waals surface area contributed by atoms with Crippen LogP contribution >= 0.6 is 23.2 Å². The van der Waals surface area contributed by atoms with E-state index in [1.54, 1.807) is 12.1 Å². The lowest BCUT2D eigenvalue weighted by Crippen LogP contribution is -2.32. The average Bonchev–Trinajstić information content (AvgIpc) is 3.26. The van der Waals surface area contributed by atoms with Crippen molar-refractivity contribution in [1.29, 1.82) is 0 Å². The van der Waals surface area contributed by atoms with Crippen LogP contribution in [0.3, 0.4) is 0 Å². The van der Waals surface area contributed by atoms with Crippen molar-refractivity contribution in [1.82, 2.24) is 4.72 Å². The van der Waals surface area contributed by atoms with Crippen LogP contribution in [0, 0.1) is 0 Å². The predicted molar refractivity (Wildman–Crippen MR) is 116 cm³/mol. The first-order valence-corrected chi connectivity index (χ1v) is 11.8. The van der Waals surface area contributed by atoms with Gasteiger partial charge in [-0.1, -0.05) is 23.2 Å².